The second-order valence-electron chi connectivity index (χ2n) is 11.4. The second-order valence-corrected chi connectivity index (χ2v) is 11.4. The van der Waals surface area contributed by atoms with E-state index in [1.54, 1.807) is 55.4 Å². The number of carbonyl (C=O) groups excluding carboxylic acids is 5. The average Bonchev–Trinajstić information content (AvgIpc) is 2.81. The first-order chi connectivity index (χ1) is 18.4. The molecule has 0 aliphatic heterocycles. The number of nitrogens with one attached hydrogen (secondary N) is 3. The topological polar surface area (TPSA) is 173 Å². The number of amides is 3. The van der Waals surface area contributed by atoms with Crippen molar-refractivity contribution in [3.8, 4) is 11.8 Å². The summed E-state index contributed by atoms with van der Waals surface area (Å²) in [6, 6.07) is 5.66. The lowest BCUT2D eigenvalue weighted by atomic mass is 10.0. The van der Waals surface area contributed by atoms with Gasteiger partial charge >= 0.3 is 11.9 Å². The third-order valence-corrected chi connectivity index (χ3v) is 4.87. The standard InChI is InChI=1S/C28H40N4O8/c1-17(2)24(26(37)40-28(6,7)8)32-25(36)20(13-23(35)39-27(3,4)5)31-21(33)15-30-22(34)16-38-19-11-9-18(14-29)10-12-19/h9-12,17,20,24H,13,15-16H2,1-8H3,(H,30,34)(H,31,33)(H,32,36)/t20-,24-/m0/s1. The monoisotopic (exact) mass is 560 g/mol. The van der Waals surface area contributed by atoms with Gasteiger partial charge in [-0.1, -0.05) is 13.8 Å². The minimum Gasteiger partial charge on any atom is -0.484 e. The van der Waals surface area contributed by atoms with Crippen LogP contribution in [0.25, 0.3) is 0 Å². The molecule has 2 atom stereocenters. The van der Waals surface area contributed by atoms with Crippen molar-refractivity contribution in [3.63, 3.8) is 0 Å². The van der Waals surface area contributed by atoms with Crippen LogP contribution in [0.5, 0.6) is 5.75 Å². The molecule has 220 valence electrons. The van der Waals surface area contributed by atoms with Crippen LogP contribution in [0.3, 0.4) is 0 Å². The molecule has 1 aromatic rings. The molecule has 0 aromatic heterocycles. The average molecular weight is 561 g/mol. The van der Waals surface area contributed by atoms with Gasteiger partial charge in [-0.05, 0) is 71.7 Å². The fourth-order valence-electron chi connectivity index (χ4n) is 3.13. The summed E-state index contributed by atoms with van der Waals surface area (Å²) in [5, 5.41) is 16.2. The number of carbonyl (C=O) groups is 5. The SMILES string of the molecule is CC(C)[C@H](NC(=O)[C@H](CC(=O)OC(C)(C)C)NC(=O)CNC(=O)COc1ccc(C#N)cc1)C(=O)OC(C)(C)C. The summed E-state index contributed by atoms with van der Waals surface area (Å²) in [6.07, 6.45) is -0.510. The van der Waals surface area contributed by atoms with Crippen LogP contribution >= 0.6 is 0 Å². The number of nitrogens with zero attached hydrogens (tertiary/aromatic N) is 1. The Morgan fingerprint density at radius 1 is 0.875 bits per heavy atom. The predicted molar refractivity (Wildman–Crippen MR) is 145 cm³/mol. The molecule has 12 nitrogen and oxygen atoms in total. The fraction of sp³-hybridized carbons (Fsp3) is 0.571. The lowest BCUT2D eigenvalue weighted by molar-refractivity contribution is -0.160. The molecule has 0 unspecified atom stereocenters. The van der Waals surface area contributed by atoms with E-state index in [0.29, 0.717) is 11.3 Å². The molecule has 0 heterocycles. The molecule has 0 bridgehead atoms. The van der Waals surface area contributed by atoms with Gasteiger partial charge in [0.2, 0.25) is 11.8 Å². The normalized spacial score (nSPS) is 12.8. The van der Waals surface area contributed by atoms with Crippen molar-refractivity contribution in [2.75, 3.05) is 13.2 Å². The van der Waals surface area contributed by atoms with Crippen molar-refractivity contribution >= 4 is 29.7 Å². The van der Waals surface area contributed by atoms with Gasteiger partial charge in [0, 0.05) is 0 Å². The van der Waals surface area contributed by atoms with Crippen LogP contribution < -0.4 is 20.7 Å². The molecule has 1 rings (SSSR count). The Kier molecular flexibility index (Phi) is 12.6. The number of ether oxygens (including phenoxy) is 3. The summed E-state index contributed by atoms with van der Waals surface area (Å²) in [5.74, 6) is -3.56. The molecule has 3 amide bonds. The Labute approximate surface area is 235 Å². The molecular formula is C28H40N4O8. The van der Waals surface area contributed by atoms with Gasteiger partial charge in [0.25, 0.3) is 5.91 Å². The highest BCUT2D eigenvalue weighted by Gasteiger charge is 2.33. The number of hydrogen-bond donors (Lipinski definition) is 3. The van der Waals surface area contributed by atoms with Gasteiger partial charge < -0.3 is 30.2 Å². The number of benzene rings is 1. The molecule has 0 spiro atoms. The minimum absolute atomic E-state index is 0.355. The zero-order chi connectivity index (χ0) is 30.7. The first-order valence-corrected chi connectivity index (χ1v) is 12.8. The van der Waals surface area contributed by atoms with Gasteiger partial charge in [0.15, 0.2) is 6.61 Å². The van der Waals surface area contributed by atoms with E-state index >= 15 is 0 Å². The number of hydrogen-bond acceptors (Lipinski definition) is 9. The zero-order valence-corrected chi connectivity index (χ0v) is 24.4. The second kappa shape index (κ2) is 14.9. The van der Waals surface area contributed by atoms with Crippen molar-refractivity contribution < 1.29 is 38.2 Å². The molecule has 0 aliphatic rings. The molecule has 0 fully saturated rings. The number of esters is 2. The van der Waals surface area contributed by atoms with Crippen LogP contribution in [0.15, 0.2) is 24.3 Å². The highest BCUT2D eigenvalue weighted by molar-refractivity contribution is 5.94. The molecule has 0 radical (unpaired) electrons. The van der Waals surface area contributed by atoms with Crippen molar-refractivity contribution in [3.05, 3.63) is 29.8 Å². The lowest BCUT2D eigenvalue weighted by Gasteiger charge is -2.28. The number of nitriles is 1. The van der Waals surface area contributed by atoms with E-state index in [2.05, 4.69) is 16.0 Å². The molecule has 3 N–H and O–H groups in total. The first-order valence-electron chi connectivity index (χ1n) is 12.8. The quantitative estimate of drug-likeness (QED) is 0.322. The minimum atomic E-state index is -1.39. The van der Waals surface area contributed by atoms with Crippen molar-refractivity contribution in [1.29, 1.82) is 5.26 Å². The third kappa shape index (κ3) is 13.6. The number of rotatable bonds is 12. The molecule has 0 aliphatic carbocycles. The Hall–Kier alpha value is -4.14. The van der Waals surface area contributed by atoms with E-state index < -0.39 is 72.5 Å². The van der Waals surface area contributed by atoms with E-state index in [1.165, 1.54) is 24.3 Å². The molecule has 1 aromatic carbocycles. The van der Waals surface area contributed by atoms with Gasteiger partial charge in [-0.2, -0.15) is 5.26 Å². The largest absolute Gasteiger partial charge is 0.484 e. The van der Waals surface area contributed by atoms with Gasteiger partial charge in [-0.25, -0.2) is 4.79 Å². The van der Waals surface area contributed by atoms with Crippen LogP contribution in [-0.4, -0.2) is 66.1 Å². The first kappa shape index (κ1) is 33.9. The molecule has 0 saturated heterocycles. The Bertz CT molecular complexity index is 1100. The van der Waals surface area contributed by atoms with Crippen LogP contribution in [0, 0.1) is 17.2 Å². The van der Waals surface area contributed by atoms with Crippen LogP contribution in [0.4, 0.5) is 0 Å². The van der Waals surface area contributed by atoms with Crippen molar-refractivity contribution in [2.45, 2.75) is 85.1 Å². The van der Waals surface area contributed by atoms with Gasteiger partial charge in [-0.15, -0.1) is 0 Å². The summed E-state index contributed by atoms with van der Waals surface area (Å²) >= 11 is 0. The molecular weight excluding hydrogens is 520 g/mol. The van der Waals surface area contributed by atoms with Gasteiger partial charge in [-0.3, -0.25) is 19.2 Å². The molecule has 0 saturated carbocycles. The zero-order valence-electron chi connectivity index (χ0n) is 24.4. The third-order valence-electron chi connectivity index (χ3n) is 4.87. The smallest absolute Gasteiger partial charge is 0.329 e. The predicted octanol–water partition coefficient (Wildman–Crippen LogP) is 1.75. The van der Waals surface area contributed by atoms with E-state index in [1.807, 2.05) is 6.07 Å². The lowest BCUT2D eigenvalue weighted by Crippen LogP contribution is -2.56. The summed E-state index contributed by atoms with van der Waals surface area (Å²) in [5.41, 5.74) is -1.19. The Morgan fingerprint density at radius 3 is 1.95 bits per heavy atom. The van der Waals surface area contributed by atoms with Gasteiger partial charge in [0.1, 0.15) is 29.0 Å². The summed E-state index contributed by atoms with van der Waals surface area (Å²) in [6.45, 7) is 12.6. The summed E-state index contributed by atoms with van der Waals surface area (Å²) in [7, 11) is 0. The fourth-order valence-corrected chi connectivity index (χ4v) is 3.13. The van der Waals surface area contributed by atoms with Gasteiger partial charge in [0.05, 0.1) is 24.6 Å². The Balaban J connectivity index is 2.85. The van der Waals surface area contributed by atoms with E-state index in [9.17, 15) is 24.0 Å². The Morgan fingerprint density at radius 2 is 1.45 bits per heavy atom. The molecule has 40 heavy (non-hydrogen) atoms. The van der Waals surface area contributed by atoms with E-state index in [0.717, 1.165) is 0 Å². The van der Waals surface area contributed by atoms with Crippen molar-refractivity contribution in [1.82, 2.24) is 16.0 Å². The van der Waals surface area contributed by atoms with Crippen LogP contribution in [-0.2, 0) is 33.4 Å². The van der Waals surface area contributed by atoms with Crippen LogP contribution in [0.1, 0.15) is 67.4 Å². The van der Waals surface area contributed by atoms with E-state index in [-0.39, 0.29) is 5.92 Å². The van der Waals surface area contributed by atoms with Crippen LogP contribution in [0.2, 0.25) is 0 Å². The summed E-state index contributed by atoms with van der Waals surface area (Å²) < 4.78 is 16.0. The summed E-state index contributed by atoms with van der Waals surface area (Å²) in [4.78, 5) is 63.0. The maximum absolute atomic E-state index is 13.1. The molecule has 12 heteroatoms. The maximum atomic E-state index is 13.1. The highest BCUT2D eigenvalue weighted by atomic mass is 16.6. The van der Waals surface area contributed by atoms with E-state index in [4.69, 9.17) is 19.5 Å². The highest BCUT2D eigenvalue weighted by Crippen LogP contribution is 2.14. The van der Waals surface area contributed by atoms with Crippen molar-refractivity contribution in [2.24, 2.45) is 5.92 Å². The maximum Gasteiger partial charge on any atom is 0.329 e.